The van der Waals surface area contributed by atoms with Gasteiger partial charge in [0.2, 0.25) is 5.75 Å². The zero-order valence-electron chi connectivity index (χ0n) is 15.8. The lowest BCUT2D eigenvalue weighted by molar-refractivity contribution is 0.179. The maximum atomic E-state index is 5.37. The van der Waals surface area contributed by atoms with Crippen molar-refractivity contribution < 1.29 is 18.9 Å². The molecule has 1 unspecified atom stereocenters. The topological polar surface area (TPSA) is 73.3 Å². The van der Waals surface area contributed by atoms with Crippen molar-refractivity contribution in [1.82, 2.24) is 10.6 Å². The van der Waals surface area contributed by atoms with Crippen LogP contribution in [0.2, 0.25) is 0 Å². The summed E-state index contributed by atoms with van der Waals surface area (Å²) in [6, 6.07) is 3.95. The van der Waals surface area contributed by atoms with E-state index >= 15 is 0 Å². The van der Waals surface area contributed by atoms with Crippen LogP contribution in [0.25, 0.3) is 0 Å². The molecule has 0 aliphatic rings. The number of aliphatic imine (C=N–C) groups is 1. The molecule has 7 nitrogen and oxygen atoms in total. The summed E-state index contributed by atoms with van der Waals surface area (Å²) in [6.07, 6.45) is 0. The Hall–Kier alpha value is -1.42. The van der Waals surface area contributed by atoms with Gasteiger partial charge in [0.15, 0.2) is 17.5 Å². The monoisotopic (exact) mass is 467 g/mol. The first-order valence-corrected chi connectivity index (χ1v) is 7.92. The van der Waals surface area contributed by atoms with Crippen LogP contribution in [0.3, 0.4) is 0 Å². The first-order chi connectivity index (χ1) is 11.6. The summed E-state index contributed by atoms with van der Waals surface area (Å²) < 4.78 is 21.2. The van der Waals surface area contributed by atoms with Crippen LogP contribution < -0.4 is 24.8 Å². The first-order valence-electron chi connectivity index (χ1n) is 7.92. The van der Waals surface area contributed by atoms with Gasteiger partial charge in [-0.05, 0) is 31.5 Å². The van der Waals surface area contributed by atoms with Crippen molar-refractivity contribution in [1.29, 1.82) is 0 Å². The van der Waals surface area contributed by atoms with Crippen molar-refractivity contribution in [2.75, 3.05) is 41.6 Å². The molecule has 0 saturated heterocycles. The van der Waals surface area contributed by atoms with Gasteiger partial charge in [-0.25, -0.2) is 4.99 Å². The molecule has 0 spiro atoms. The molecular weight excluding hydrogens is 437 g/mol. The maximum absolute atomic E-state index is 5.37. The molecule has 144 valence electrons. The van der Waals surface area contributed by atoms with Crippen LogP contribution in [0.5, 0.6) is 17.2 Å². The van der Waals surface area contributed by atoms with Crippen LogP contribution in [0.4, 0.5) is 0 Å². The number of hydrogen-bond donors (Lipinski definition) is 2. The summed E-state index contributed by atoms with van der Waals surface area (Å²) in [5, 5.41) is 6.51. The van der Waals surface area contributed by atoms with Gasteiger partial charge >= 0.3 is 0 Å². The lowest BCUT2D eigenvalue weighted by atomic mass is 10.2. The van der Waals surface area contributed by atoms with E-state index in [0.29, 0.717) is 30.4 Å². The van der Waals surface area contributed by atoms with Crippen LogP contribution in [-0.4, -0.2) is 53.6 Å². The van der Waals surface area contributed by atoms with Crippen molar-refractivity contribution in [3.63, 3.8) is 0 Å². The van der Waals surface area contributed by atoms with Gasteiger partial charge in [0.25, 0.3) is 0 Å². The van der Waals surface area contributed by atoms with E-state index in [0.717, 1.165) is 18.1 Å². The zero-order valence-corrected chi connectivity index (χ0v) is 18.2. The van der Waals surface area contributed by atoms with Crippen molar-refractivity contribution in [2.45, 2.75) is 26.4 Å². The van der Waals surface area contributed by atoms with Crippen LogP contribution in [0.1, 0.15) is 19.4 Å². The molecule has 0 fully saturated rings. The van der Waals surface area contributed by atoms with Crippen LogP contribution in [-0.2, 0) is 11.3 Å². The van der Waals surface area contributed by atoms with Gasteiger partial charge in [0.1, 0.15) is 0 Å². The Kier molecular flexibility index (Phi) is 12.1. The number of ether oxygens (including phenoxy) is 4. The summed E-state index contributed by atoms with van der Waals surface area (Å²) in [5.41, 5.74) is 0.959. The molecule has 1 atom stereocenters. The van der Waals surface area contributed by atoms with Gasteiger partial charge in [-0.1, -0.05) is 0 Å². The summed E-state index contributed by atoms with van der Waals surface area (Å²) in [4.78, 5) is 4.60. The molecule has 1 aromatic carbocycles. The van der Waals surface area contributed by atoms with Crippen molar-refractivity contribution >= 4 is 29.9 Å². The summed E-state index contributed by atoms with van der Waals surface area (Å²) in [5.74, 6) is 2.54. The summed E-state index contributed by atoms with van der Waals surface area (Å²) >= 11 is 0. The van der Waals surface area contributed by atoms with Gasteiger partial charge in [0.05, 0.1) is 34.5 Å². The molecule has 0 bridgehead atoms. The fourth-order valence-electron chi connectivity index (χ4n) is 2.24. The van der Waals surface area contributed by atoms with E-state index in [9.17, 15) is 0 Å². The molecule has 0 aliphatic carbocycles. The predicted molar refractivity (Wildman–Crippen MR) is 111 cm³/mol. The first kappa shape index (κ1) is 23.6. The van der Waals surface area contributed by atoms with Crippen molar-refractivity contribution in [3.8, 4) is 17.2 Å². The molecular formula is C17H30IN3O4. The highest BCUT2D eigenvalue weighted by Crippen LogP contribution is 2.38. The van der Waals surface area contributed by atoms with E-state index in [1.165, 1.54) is 0 Å². The zero-order chi connectivity index (χ0) is 17.9. The molecule has 2 N–H and O–H groups in total. The number of nitrogens with one attached hydrogen (secondary N) is 2. The third-order valence-corrected chi connectivity index (χ3v) is 3.29. The Morgan fingerprint density at radius 1 is 1.08 bits per heavy atom. The average Bonchev–Trinajstić information content (AvgIpc) is 2.58. The highest BCUT2D eigenvalue weighted by Gasteiger charge is 2.13. The van der Waals surface area contributed by atoms with Gasteiger partial charge in [-0.15, -0.1) is 24.0 Å². The molecule has 0 radical (unpaired) electrons. The standard InChI is InChI=1S/C17H29N3O4.HI/c1-7-18-17(20-12(2)11-21-3)19-10-13-8-14(22-4)16(24-6)15(9-13)23-5;/h8-9,12H,7,10-11H2,1-6H3,(H2,18,19,20);1H. The highest BCUT2D eigenvalue weighted by molar-refractivity contribution is 14.0. The van der Waals surface area contributed by atoms with Crippen LogP contribution in [0, 0.1) is 0 Å². The maximum Gasteiger partial charge on any atom is 0.203 e. The minimum atomic E-state index is 0. The summed E-state index contributed by atoms with van der Waals surface area (Å²) in [7, 11) is 6.46. The molecule has 0 saturated carbocycles. The number of guanidine groups is 1. The SMILES string of the molecule is CCNC(=NCc1cc(OC)c(OC)c(OC)c1)NC(C)COC.I. The second-order valence-electron chi connectivity index (χ2n) is 5.23. The third-order valence-electron chi connectivity index (χ3n) is 3.29. The number of rotatable bonds is 9. The summed E-state index contributed by atoms with van der Waals surface area (Å²) in [6.45, 7) is 5.93. The molecule has 0 aromatic heterocycles. The van der Waals surface area contributed by atoms with E-state index in [1.54, 1.807) is 28.4 Å². The number of methoxy groups -OCH3 is 4. The van der Waals surface area contributed by atoms with E-state index in [4.69, 9.17) is 18.9 Å². The van der Waals surface area contributed by atoms with E-state index in [2.05, 4.69) is 15.6 Å². The predicted octanol–water partition coefficient (Wildman–Crippen LogP) is 2.42. The van der Waals surface area contributed by atoms with E-state index < -0.39 is 0 Å². The second-order valence-corrected chi connectivity index (χ2v) is 5.23. The number of halogens is 1. The Labute approximate surface area is 167 Å². The normalized spacial score (nSPS) is 12.0. The second kappa shape index (κ2) is 12.9. The Morgan fingerprint density at radius 2 is 1.68 bits per heavy atom. The van der Waals surface area contributed by atoms with Crippen molar-refractivity contribution in [3.05, 3.63) is 17.7 Å². The van der Waals surface area contributed by atoms with E-state index in [-0.39, 0.29) is 30.0 Å². The van der Waals surface area contributed by atoms with E-state index in [1.807, 2.05) is 26.0 Å². The molecule has 0 aliphatic heterocycles. The minimum absolute atomic E-state index is 0. The largest absolute Gasteiger partial charge is 0.493 e. The van der Waals surface area contributed by atoms with Gasteiger partial charge < -0.3 is 29.6 Å². The van der Waals surface area contributed by atoms with Gasteiger partial charge in [-0.3, -0.25) is 0 Å². The molecule has 25 heavy (non-hydrogen) atoms. The molecule has 1 aromatic rings. The molecule has 1 rings (SSSR count). The Morgan fingerprint density at radius 3 is 2.12 bits per heavy atom. The third kappa shape index (κ3) is 7.55. The average molecular weight is 467 g/mol. The van der Waals surface area contributed by atoms with Crippen LogP contribution >= 0.6 is 24.0 Å². The fraction of sp³-hybridized carbons (Fsp3) is 0.588. The number of hydrogen-bond acceptors (Lipinski definition) is 5. The molecule has 0 heterocycles. The molecule has 0 amide bonds. The number of nitrogens with zero attached hydrogens (tertiary/aromatic N) is 1. The lowest BCUT2D eigenvalue weighted by Crippen LogP contribution is -2.43. The number of benzene rings is 1. The Bertz CT molecular complexity index is 516. The van der Waals surface area contributed by atoms with Crippen LogP contribution in [0.15, 0.2) is 17.1 Å². The lowest BCUT2D eigenvalue weighted by Gasteiger charge is -2.17. The quantitative estimate of drug-likeness (QED) is 0.330. The van der Waals surface area contributed by atoms with Gasteiger partial charge in [0, 0.05) is 19.7 Å². The fourth-order valence-corrected chi connectivity index (χ4v) is 2.24. The minimum Gasteiger partial charge on any atom is -0.493 e. The smallest absolute Gasteiger partial charge is 0.203 e. The van der Waals surface area contributed by atoms with Gasteiger partial charge in [-0.2, -0.15) is 0 Å². The molecule has 8 heteroatoms. The van der Waals surface area contributed by atoms with Crippen molar-refractivity contribution in [2.24, 2.45) is 4.99 Å². The highest BCUT2D eigenvalue weighted by atomic mass is 127. The Balaban J connectivity index is 0.00000576.